The van der Waals surface area contributed by atoms with E-state index >= 15 is 0 Å². The summed E-state index contributed by atoms with van der Waals surface area (Å²) in [5, 5.41) is 11.3. The molecule has 1 aliphatic heterocycles. The third kappa shape index (κ3) is 4.80. The van der Waals surface area contributed by atoms with Crippen LogP contribution >= 0.6 is 11.3 Å². The fourth-order valence-electron chi connectivity index (χ4n) is 4.55. The van der Waals surface area contributed by atoms with Gasteiger partial charge < -0.3 is 9.30 Å². The van der Waals surface area contributed by atoms with Gasteiger partial charge in [-0.1, -0.05) is 24.7 Å². The Morgan fingerprint density at radius 3 is 2.56 bits per heavy atom. The van der Waals surface area contributed by atoms with Crippen LogP contribution in [0.4, 0.5) is 5.69 Å². The van der Waals surface area contributed by atoms with Gasteiger partial charge in [0, 0.05) is 30.8 Å². The number of amides is 1. The summed E-state index contributed by atoms with van der Waals surface area (Å²) >= 11 is 1.15. The van der Waals surface area contributed by atoms with Crippen molar-refractivity contribution >= 4 is 43.2 Å². The van der Waals surface area contributed by atoms with Gasteiger partial charge in [-0.2, -0.15) is 9.30 Å². The number of sulfonamides is 1. The van der Waals surface area contributed by atoms with Crippen LogP contribution in [0.3, 0.4) is 0 Å². The Hall–Kier alpha value is -3.09. The molecule has 0 radical (unpaired) electrons. The first-order valence-electron chi connectivity index (χ1n) is 11.8. The molecule has 0 saturated carbocycles. The molecule has 1 amide bonds. The minimum Gasteiger partial charge on any atom is -0.494 e. The standard InChI is InChI=1S/C24H28N4O6S2/c1-4-17-8-6-7-13-27(17)36(32,33)19-11-9-16(10-12-19)23(29)25-24-26(5-2)22-20(34-3)14-18(28(30)31)15-21(22)35-24/h9-12,14-15,17H,4-8,13H2,1-3H3. The van der Waals surface area contributed by atoms with Crippen molar-refractivity contribution in [3.63, 3.8) is 0 Å². The average molecular weight is 533 g/mol. The van der Waals surface area contributed by atoms with Crippen LogP contribution in [0.15, 0.2) is 46.3 Å². The van der Waals surface area contributed by atoms with E-state index in [1.54, 1.807) is 8.87 Å². The lowest BCUT2D eigenvalue weighted by Crippen LogP contribution is -2.43. The van der Waals surface area contributed by atoms with Gasteiger partial charge in [0.1, 0.15) is 5.52 Å². The predicted octanol–water partition coefficient (Wildman–Crippen LogP) is 4.33. The Balaban J connectivity index is 1.69. The van der Waals surface area contributed by atoms with Crippen LogP contribution in [0.1, 0.15) is 49.9 Å². The number of nitrogens with zero attached hydrogens (tertiary/aromatic N) is 4. The molecule has 36 heavy (non-hydrogen) atoms. The van der Waals surface area contributed by atoms with Crippen LogP contribution < -0.4 is 9.54 Å². The van der Waals surface area contributed by atoms with Gasteiger partial charge in [0.25, 0.3) is 11.6 Å². The molecule has 10 nitrogen and oxygen atoms in total. The first kappa shape index (κ1) is 26.0. The zero-order chi connectivity index (χ0) is 26.0. The van der Waals surface area contributed by atoms with Gasteiger partial charge in [-0.15, -0.1) is 0 Å². The number of carbonyl (C=O) groups is 1. The van der Waals surface area contributed by atoms with Gasteiger partial charge >= 0.3 is 0 Å². The molecule has 0 N–H and O–H groups in total. The van der Waals surface area contributed by atoms with Gasteiger partial charge in [0.15, 0.2) is 10.6 Å². The summed E-state index contributed by atoms with van der Waals surface area (Å²) in [5.41, 5.74) is 0.755. The van der Waals surface area contributed by atoms with Gasteiger partial charge in [0.2, 0.25) is 10.0 Å². The zero-order valence-electron chi connectivity index (χ0n) is 20.3. The van der Waals surface area contributed by atoms with Gasteiger partial charge in [-0.05, 0) is 50.5 Å². The molecule has 1 fully saturated rings. The Morgan fingerprint density at radius 1 is 1.22 bits per heavy atom. The summed E-state index contributed by atoms with van der Waals surface area (Å²) < 4.78 is 35.7. The highest BCUT2D eigenvalue weighted by molar-refractivity contribution is 7.89. The second-order valence-corrected chi connectivity index (χ2v) is 11.4. The molecule has 2 heterocycles. The van der Waals surface area contributed by atoms with Crippen molar-refractivity contribution in [2.75, 3.05) is 13.7 Å². The Morgan fingerprint density at radius 2 is 1.94 bits per heavy atom. The van der Waals surface area contributed by atoms with E-state index in [0.717, 1.165) is 37.0 Å². The van der Waals surface area contributed by atoms with Crippen LogP contribution in [0, 0.1) is 10.1 Å². The number of rotatable bonds is 7. The number of piperidine rings is 1. The van der Waals surface area contributed by atoms with Gasteiger partial charge in [0.05, 0.1) is 27.7 Å². The molecular weight excluding hydrogens is 504 g/mol. The largest absolute Gasteiger partial charge is 0.494 e. The molecule has 4 rings (SSSR count). The van der Waals surface area contributed by atoms with Crippen LogP contribution in [0.25, 0.3) is 10.2 Å². The van der Waals surface area contributed by atoms with Gasteiger partial charge in [-0.3, -0.25) is 14.9 Å². The van der Waals surface area contributed by atoms with Crippen LogP contribution in [0.2, 0.25) is 0 Å². The Labute approximate surface area is 213 Å². The highest BCUT2D eigenvalue weighted by atomic mass is 32.2. The lowest BCUT2D eigenvalue weighted by molar-refractivity contribution is -0.384. The number of fused-ring (bicyclic) bond motifs is 1. The molecule has 192 valence electrons. The van der Waals surface area contributed by atoms with Crippen molar-refractivity contribution in [1.29, 1.82) is 0 Å². The number of aromatic nitrogens is 1. The molecule has 0 spiro atoms. The third-order valence-electron chi connectivity index (χ3n) is 6.42. The topological polar surface area (TPSA) is 124 Å². The number of nitro groups is 1. The molecule has 1 unspecified atom stereocenters. The van der Waals surface area contributed by atoms with E-state index in [9.17, 15) is 23.3 Å². The third-order valence-corrected chi connectivity index (χ3v) is 9.41. The van der Waals surface area contributed by atoms with Crippen LogP contribution in [0.5, 0.6) is 5.75 Å². The minimum absolute atomic E-state index is 0.00896. The Kier molecular flexibility index (Phi) is 7.57. The van der Waals surface area contributed by atoms with E-state index in [0.29, 0.717) is 33.9 Å². The maximum Gasteiger partial charge on any atom is 0.279 e. The fourth-order valence-corrected chi connectivity index (χ4v) is 7.46. The monoisotopic (exact) mass is 532 g/mol. The molecular formula is C24H28N4O6S2. The number of carbonyl (C=O) groups excluding carboxylic acids is 1. The lowest BCUT2D eigenvalue weighted by atomic mass is 10.0. The lowest BCUT2D eigenvalue weighted by Gasteiger charge is -2.34. The summed E-state index contributed by atoms with van der Waals surface area (Å²) in [6, 6.07) is 8.61. The number of methoxy groups -OCH3 is 1. The fraction of sp³-hybridized carbons (Fsp3) is 0.417. The second-order valence-electron chi connectivity index (χ2n) is 8.50. The van der Waals surface area contributed by atoms with Crippen LogP contribution in [-0.2, 0) is 16.6 Å². The van der Waals surface area contributed by atoms with E-state index in [1.165, 1.54) is 43.5 Å². The summed E-state index contributed by atoms with van der Waals surface area (Å²) in [4.78, 5) is 28.5. The summed E-state index contributed by atoms with van der Waals surface area (Å²) in [6.45, 7) is 4.83. The second kappa shape index (κ2) is 10.5. The van der Waals surface area contributed by atoms with Crippen molar-refractivity contribution in [3.05, 3.63) is 56.9 Å². The molecule has 1 atom stereocenters. The SMILES string of the molecule is CCC1CCCCN1S(=O)(=O)c1ccc(C(=O)N=c2sc3cc([N+](=O)[O-])cc(OC)c3n2CC)cc1. The summed E-state index contributed by atoms with van der Waals surface area (Å²) in [5.74, 6) is -0.213. The average Bonchev–Trinajstić information content (AvgIpc) is 3.24. The van der Waals surface area contributed by atoms with E-state index in [1.807, 2.05) is 13.8 Å². The highest BCUT2D eigenvalue weighted by Crippen LogP contribution is 2.33. The smallest absolute Gasteiger partial charge is 0.279 e. The molecule has 1 aromatic heterocycles. The van der Waals surface area contributed by atoms with Crippen molar-refractivity contribution in [1.82, 2.24) is 8.87 Å². The maximum absolute atomic E-state index is 13.2. The number of benzene rings is 2. The first-order chi connectivity index (χ1) is 17.2. The normalized spacial score (nSPS) is 17.4. The number of hydrogen-bond donors (Lipinski definition) is 0. The van der Waals surface area contributed by atoms with E-state index in [2.05, 4.69) is 4.99 Å². The van der Waals surface area contributed by atoms with Crippen molar-refractivity contribution < 1.29 is 22.9 Å². The van der Waals surface area contributed by atoms with E-state index in [-0.39, 0.29) is 22.2 Å². The summed E-state index contributed by atoms with van der Waals surface area (Å²) in [6.07, 6.45) is 3.47. The van der Waals surface area contributed by atoms with Crippen molar-refractivity contribution in [2.45, 2.75) is 57.0 Å². The minimum atomic E-state index is -3.65. The Bertz CT molecular complexity index is 1470. The molecule has 12 heteroatoms. The zero-order valence-corrected chi connectivity index (χ0v) is 22.0. The predicted molar refractivity (Wildman–Crippen MR) is 137 cm³/mol. The molecule has 0 aliphatic carbocycles. The molecule has 1 saturated heterocycles. The number of ether oxygens (including phenoxy) is 1. The van der Waals surface area contributed by atoms with Gasteiger partial charge in [-0.25, -0.2) is 8.42 Å². The maximum atomic E-state index is 13.2. The molecule has 0 bridgehead atoms. The number of thiazole rings is 1. The van der Waals surface area contributed by atoms with E-state index < -0.39 is 20.9 Å². The molecule has 1 aliphatic rings. The van der Waals surface area contributed by atoms with Crippen molar-refractivity contribution in [2.24, 2.45) is 4.99 Å². The first-order valence-corrected chi connectivity index (χ1v) is 14.0. The van der Waals surface area contributed by atoms with Crippen LogP contribution in [-0.4, -0.2) is 47.8 Å². The van der Waals surface area contributed by atoms with E-state index in [4.69, 9.17) is 4.74 Å². The summed E-state index contributed by atoms with van der Waals surface area (Å²) in [7, 11) is -2.22. The highest BCUT2D eigenvalue weighted by Gasteiger charge is 2.32. The number of nitro benzene ring substituents is 1. The molecule has 2 aromatic carbocycles. The number of aryl methyl sites for hydroxylation is 1. The molecule has 3 aromatic rings. The number of non-ortho nitro benzene ring substituents is 1. The van der Waals surface area contributed by atoms with Crippen molar-refractivity contribution in [3.8, 4) is 5.75 Å². The quantitative estimate of drug-likeness (QED) is 0.329. The number of hydrogen-bond acceptors (Lipinski definition) is 7.